The highest BCUT2D eigenvalue weighted by molar-refractivity contribution is 5.60. The summed E-state index contributed by atoms with van der Waals surface area (Å²) in [6.07, 6.45) is -0.755. The van der Waals surface area contributed by atoms with Gasteiger partial charge in [-0.15, -0.1) is 0 Å². The Labute approximate surface area is 104 Å². The lowest BCUT2D eigenvalue weighted by Crippen LogP contribution is -2.24. The fraction of sp³-hybridized carbons (Fsp3) is 0.500. The van der Waals surface area contributed by atoms with Gasteiger partial charge in [0.05, 0.1) is 17.6 Å². The standard InChI is InChI=1S/C10H16N4O4/c1-11-9-4-3-8(14(16)17)10(13-9)12-5-7(15)6-18-2/h3-4,7,15H,5-6H2,1-2H3,(H2,11,12,13). The number of aliphatic hydroxyl groups excluding tert-OH is 1. The monoisotopic (exact) mass is 256 g/mol. The first kappa shape index (κ1) is 14.1. The van der Waals surface area contributed by atoms with E-state index in [1.807, 2.05) is 0 Å². The molecule has 0 aliphatic rings. The SMILES string of the molecule is CNc1ccc([N+](=O)[O-])c(NCC(O)COC)n1. The summed E-state index contributed by atoms with van der Waals surface area (Å²) in [4.78, 5) is 14.3. The number of methoxy groups -OCH3 is 1. The number of hydrogen-bond donors (Lipinski definition) is 3. The Morgan fingerprint density at radius 3 is 2.89 bits per heavy atom. The lowest BCUT2D eigenvalue weighted by Gasteiger charge is -2.12. The lowest BCUT2D eigenvalue weighted by molar-refractivity contribution is -0.384. The molecule has 0 amide bonds. The number of hydrogen-bond acceptors (Lipinski definition) is 7. The largest absolute Gasteiger partial charge is 0.389 e. The number of nitrogens with zero attached hydrogens (tertiary/aromatic N) is 2. The van der Waals surface area contributed by atoms with E-state index >= 15 is 0 Å². The van der Waals surface area contributed by atoms with Gasteiger partial charge < -0.3 is 20.5 Å². The highest BCUT2D eigenvalue weighted by atomic mass is 16.6. The Morgan fingerprint density at radius 1 is 1.61 bits per heavy atom. The zero-order chi connectivity index (χ0) is 13.5. The highest BCUT2D eigenvalue weighted by Gasteiger charge is 2.16. The van der Waals surface area contributed by atoms with Crippen LogP contribution in [0.25, 0.3) is 0 Å². The van der Waals surface area contributed by atoms with Gasteiger partial charge in [-0.25, -0.2) is 4.98 Å². The normalized spacial score (nSPS) is 11.9. The average molecular weight is 256 g/mol. The minimum Gasteiger partial charge on any atom is -0.389 e. The van der Waals surface area contributed by atoms with Gasteiger partial charge in [0.15, 0.2) is 0 Å². The van der Waals surface area contributed by atoms with Crippen molar-refractivity contribution in [2.24, 2.45) is 0 Å². The van der Waals surface area contributed by atoms with E-state index in [-0.39, 0.29) is 24.7 Å². The molecule has 18 heavy (non-hydrogen) atoms. The number of rotatable bonds is 7. The molecule has 8 nitrogen and oxygen atoms in total. The molecule has 1 unspecified atom stereocenters. The summed E-state index contributed by atoms with van der Waals surface area (Å²) in [6, 6.07) is 2.86. The predicted molar refractivity (Wildman–Crippen MR) is 66.8 cm³/mol. The lowest BCUT2D eigenvalue weighted by atomic mass is 10.3. The fourth-order valence-corrected chi connectivity index (χ4v) is 1.33. The molecule has 0 fully saturated rings. The van der Waals surface area contributed by atoms with Crippen LogP contribution in [0.3, 0.4) is 0 Å². The van der Waals surface area contributed by atoms with Crippen molar-refractivity contribution in [3.8, 4) is 0 Å². The molecule has 3 N–H and O–H groups in total. The molecule has 0 radical (unpaired) electrons. The molecule has 0 aliphatic carbocycles. The van der Waals surface area contributed by atoms with Crippen molar-refractivity contribution in [3.05, 3.63) is 22.2 Å². The maximum atomic E-state index is 10.8. The van der Waals surface area contributed by atoms with Crippen LogP contribution < -0.4 is 10.6 Å². The van der Waals surface area contributed by atoms with E-state index in [1.165, 1.54) is 19.2 Å². The number of pyridine rings is 1. The number of aliphatic hydroxyl groups is 1. The molecule has 8 heteroatoms. The topological polar surface area (TPSA) is 110 Å². The second kappa shape index (κ2) is 6.72. The van der Waals surface area contributed by atoms with Gasteiger partial charge in [-0.3, -0.25) is 10.1 Å². The quantitative estimate of drug-likeness (QED) is 0.480. The second-order valence-electron chi connectivity index (χ2n) is 3.56. The van der Waals surface area contributed by atoms with E-state index in [4.69, 9.17) is 4.74 Å². The summed E-state index contributed by atoms with van der Waals surface area (Å²) in [5.41, 5.74) is -0.140. The third kappa shape index (κ3) is 3.82. The van der Waals surface area contributed by atoms with Crippen LogP contribution in [0.1, 0.15) is 0 Å². The first-order valence-electron chi connectivity index (χ1n) is 5.32. The highest BCUT2D eigenvalue weighted by Crippen LogP contribution is 2.23. The molecule has 100 valence electrons. The Balaban J connectivity index is 2.80. The van der Waals surface area contributed by atoms with E-state index in [0.29, 0.717) is 5.82 Å². The summed E-state index contributed by atoms with van der Waals surface area (Å²) in [6.45, 7) is 0.265. The van der Waals surface area contributed by atoms with E-state index in [0.717, 1.165) is 0 Å². The molecular formula is C10H16N4O4. The van der Waals surface area contributed by atoms with Gasteiger partial charge >= 0.3 is 5.69 Å². The second-order valence-corrected chi connectivity index (χ2v) is 3.56. The van der Waals surface area contributed by atoms with Gasteiger partial charge in [-0.2, -0.15) is 0 Å². The average Bonchev–Trinajstić information content (AvgIpc) is 2.36. The van der Waals surface area contributed by atoms with Crippen LogP contribution in [0.15, 0.2) is 12.1 Å². The molecule has 0 saturated heterocycles. The van der Waals surface area contributed by atoms with Crippen molar-refractivity contribution in [2.75, 3.05) is 37.9 Å². The Kier molecular flexibility index (Phi) is 5.28. The molecule has 0 saturated carbocycles. The zero-order valence-corrected chi connectivity index (χ0v) is 10.2. The maximum absolute atomic E-state index is 10.8. The maximum Gasteiger partial charge on any atom is 0.311 e. The number of nitrogens with one attached hydrogen (secondary N) is 2. The zero-order valence-electron chi connectivity index (χ0n) is 10.2. The fourth-order valence-electron chi connectivity index (χ4n) is 1.33. The minimum atomic E-state index is -0.755. The van der Waals surface area contributed by atoms with Crippen molar-refractivity contribution in [2.45, 2.75) is 6.10 Å². The predicted octanol–water partition coefficient (Wildman–Crippen LogP) is 0.451. The van der Waals surface area contributed by atoms with Crippen molar-refractivity contribution in [1.82, 2.24) is 4.98 Å². The molecule has 1 heterocycles. The van der Waals surface area contributed by atoms with Gasteiger partial charge in [0.2, 0.25) is 5.82 Å². The summed E-state index contributed by atoms with van der Waals surface area (Å²) < 4.78 is 4.76. The smallest absolute Gasteiger partial charge is 0.311 e. The van der Waals surface area contributed by atoms with Crippen LogP contribution in [0, 0.1) is 10.1 Å². The summed E-state index contributed by atoms with van der Waals surface area (Å²) in [5, 5.41) is 25.8. The van der Waals surface area contributed by atoms with Crippen LogP contribution in [0.4, 0.5) is 17.3 Å². The van der Waals surface area contributed by atoms with Gasteiger partial charge in [-0.1, -0.05) is 0 Å². The molecule has 0 aliphatic heterocycles. The van der Waals surface area contributed by atoms with Crippen LogP contribution in [-0.2, 0) is 4.74 Å². The van der Waals surface area contributed by atoms with Crippen molar-refractivity contribution >= 4 is 17.3 Å². The molecule has 1 aromatic heterocycles. The van der Waals surface area contributed by atoms with Crippen molar-refractivity contribution in [1.29, 1.82) is 0 Å². The molecule has 0 aromatic carbocycles. The molecule has 0 bridgehead atoms. The number of nitro groups is 1. The van der Waals surface area contributed by atoms with Crippen molar-refractivity contribution < 1.29 is 14.8 Å². The van der Waals surface area contributed by atoms with Gasteiger partial charge in [0.25, 0.3) is 0 Å². The van der Waals surface area contributed by atoms with E-state index in [1.54, 1.807) is 7.05 Å². The summed E-state index contributed by atoms with van der Waals surface area (Å²) in [7, 11) is 3.13. The van der Waals surface area contributed by atoms with Crippen LogP contribution in [-0.4, -0.2) is 48.4 Å². The van der Waals surface area contributed by atoms with Gasteiger partial charge in [0.1, 0.15) is 5.82 Å². The molecule has 1 rings (SSSR count). The van der Waals surface area contributed by atoms with Crippen LogP contribution in [0.5, 0.6) is 0 Å². The molecular weight excluding hydrogens is 240 g/mol. The first-order chi connectivity index (χ1) is 8.58. The van der Waals surface area contributed by atoms with E-state index in [9.17, 15) is 15.2 Å². The summed E-state index contributed by atoms with van der Waals surface area (Å²) >= 11 is 0. The van der Waals surface area contributed by atoms with Crippen molar-refractivity contribution in [3.63, 3.8) is 0 Å². The molecule has 0 spiro atoms. The first-order valence-corrected chi connectivity index (χ1v) is 5.32. The van der Waals surface area contributed by atoms with Gasteiger partial charge in [-0.05, 0) is 6.07 Å². The third-order valence-corrected chi connectivity index (χ3v) is 2.19. The Hall–Kier alpha value is -1.93. The van der Waals surface area contributed by atoms with Crippen LogP contribution in [0.2, 0.25) is 0 Å². The Morgan fingerprint density at radius 2 is 2.33 bits per heavy atom. The van der Waals surface area contributed by atoms with E-state index in [2.05, 4.69) is 15.6 Å². The van der Waals surface area contributed by atoms with Gasteiger partial charge in [0, 0.05) is 26.8 Å². The molecule has 1 atom stereocenters. The van der Waals surface area contributed by atoms with Crippen LogP contribution >= 0.6 is 0 Å². The number of ether oxygens (including phenoxy) is 1. The van der Waals surface area contributed by atoms with E-state index < -0.39 is 11.0 Å². The summed E-state index contributed by atoms with van der Waals surface area (Å²) in [5.74, 6) is 0.617. The number of anilines is 2. The number of aromatic nitrogens is 1. The Bertz CT molecular complexity index is 413. The minimum absolute atomic E-state index is 0.113. The molecule has 1 aromatic rings. The third-order valence-electron chi connectivity index (χ3n) is 2.19.